The molecular weight excluding hydrogens is 194 g/mol. The van der Waals surface area contributed by atoms with Crippen LogP contribution in [-0.2, 0) is 10.0 Å². The van der Waals surface area contributed by atoms with E-state index in [1.165, 1.54) is 12.1 Å². The van der Waals surface area contributed by atoms with Crippen LogP contribution in [0.1, 0.15) is 0 Å². The quantitative estimate of drug-likeness (QED) is 0.601. The fourth-order valence-electron chi connectivity index (χ4n) is 0.762. The molecular formula is C7H8NO4S. The SMILES string of the molecule is CS(=O)(=O)Nc1c(O)[c]ccc1O. The lowest BCUT2D eigenvalue weighted by molar-refractivity contribution is 0.454. The summed E-state index contributed by atoms with van der Waals surface area (Å²) in [7, 11) is -3.51. The molecule has 71 valence electrons. The molecule has 0 saturated heterocycles. The van der Waals surface area contributed by atoms with E-state index in [-0.39, 0.29) is 11.4 Å². The van der Waals surface area contributed by atoms with Crippen LogP contribution in [0.25, 0.3) is 0 Å². The maximum absolute atomic E-state index is 10.8. The Morgan fingerprint density at radius 1 is 1.46 bits per heavy atom. The molecule has 13 heavy (non-hydrogen) atoms. The van der Waals surface area contributed by atoms with Gasteiger partial charge in [-0.3, -0.25) is 4.72 Å². The van der Waals surface area contributed by atoms with Crippen molar-refractivity contribution in [3.05, 3.63) is 18.2 Å². The van der Waals surface area contributed by atoms with Gasteiger partial charge in [-0.1, -0.05) is 0 Å². The minimum atomic E-state index is -3.51. The van der Waals surface area contributed by atoms with Crippen molar-refractivity contribution in [2.45, 2.75) is 0 Å². The van der Waals surface area contributed by atoms with Gasteiger partial charge in [0.2, 0.25) is 10.0 Å². The number of sulfonamides is 1. The summed E-state index contributed by atoms with van der Waals surface area (Å²) in [5.41, 5.74) is -0.259. The third kappa shape index (κ3) is 2.51. The van der Waals surface area contributed by atoms with Crippen molar-refractivity contribution < 1.29 is 18.6 Å². The van der Waals surface area contributed by atoms with Crippen LogP contribution in [0.2, 0.25) is 0 Å². The summed E-state index contributed by atoms with van der Waals surface area (Å²) in [6, 6.07) is 4.82. The van der Waals surface area contributed by atoms with E-state index in [4.69, 9.17) is 10.2 Å². The summed E-state index contributed by atoms with van der Waals surface area (Å²) in [4.78, 5) is 0. The molecule has 1 aromatic rings. The minimum absolute atomic E-state index is 0.259. The van der Waals surface area contributed by atoms with E-state index in [1.54, 1.807) is 0 Å². The van der Waals surface area contributed by atoms with E-state index < -0.39 is 15.8 Å². The molecule has 3 N–H and O–H groups in total. The molecule has 0 saturated carbocycles. The normalized spacial score (nSPS) is 11.2. The third-order valence-corrected chi connectivity index (χ3v) is 1.82. The van der Waals surface area contributed by atoms with Crippen LogP contribution >= 0.6 is 0 Å². The lowest BCUT2D eigenvalue weighted by Crippen LogP contribution is -2.09. The van der Waals surface area contributed by atoms with Crippen LogP contribution in [0, 0.1) is 6.07 Å². The van der Waals surface area contributed by atoms with Crippen molar-refractivity contribution in [1.82, 2.24) is 0 Å². The van der Waals surface area contributed by atoms with Gasteiger partial charge in [0.25, 0.3) is 0 Å². The van der Waals surface area contributed by atoms with Crippen LogP contribution in [0.3, 0.4) is 0 Å². The summed E-state index contributed by atoms with van der Waals surface area (Å²) in [6.07, 6.45) is 0.916. The van der Waals surface area contributed by atoms with E-state index in [0.717, 1.165) is 6.26 Å². The molecule has 0 aliphatic carbocycles. The Hall–Kier alpha value is -1.43. The first-order chi connectivity index (χ1) is 5.90. The van der Waals surface area contributed by atoms with Crippen molar-refractivity contribution in [3.63, 3.8) is 0 Å². The summed E-state index contributed by atoms with van der Waals surface area (Å²) in [6.45, 7) is 0. The van der Waals surface area contributed by atoms with Gasteiger partial charge in [0.15, 0.2) is 5.75 Å². The molecule has 0 atom stereocenters. The van der Waals surface area contributed by atoms with Gasteiger partial charge in [0.1, 0.15) is 11.4 Å². The van der Waals surface area contributed by atoms with Crippen LogP contribution in [0.4, 0.5) is 5.69 Å². The number of phenols is 2. The monoisotopic (exact) mass is 202 g/mol. The van der Waals surface area contributed by atoms with Crippen molar-refractivity contribution in [2.24, 2.45) is 0 Å². The third-order valence-electron chi connectivity index (χ3n) is 1.24. The number of rotatable bonds is 2. The van der Waals surface area contributed by atoms with E-state index in [0.29, 0.717) is 0 Å². The number of phenolic OH excluding ortho intramolecular Hbond substituents is 2. The van der Waals surface area contributed by atoms with Gasteiger partial charge in [-0.05, 0) is 12.1 Å². The van der Waals surface area contributed by atoms with Gasteiger partial charge < -0.3 is 10.2 Å². The van der Waals surface area contributed by atoms with Gasteiger partial charge >= 0.3 is 0 Å². The highest BCUT2D eigenvalue weighted by molar-refractivity contribution is 7.92. The Labute approximate surface area is 75.7 Å². The number of nitrogens with one attached hydrogen (secondary N) is 1. The zero-order chi connectivity index (χ0) is 10.1. The molecule has 5 nitrogen and oxygen atoms in total. The van der Waals surface area contributed by atoms with Gasteiger partial charge in [-0.25, -0.2) is 8.42 Å². The van der Waals surface area contributed by atoms with Crippen molar-refractivity contribution >= 4 is 15.7 Å². The summed E-state index contributed by atoms with van der Waals surface area (Å²) in [5, 5.41) is 18.3. The van der Waals surface area contributed by atoms with Crippen LogP contribution in [0.15, 0.2) is 12.1 Å². The average Bonchev–Trinajstić information content (AvgIpc) is 1.95. The number of hydrogen-bond acceptors (Lipinski definition) is 4. The van der Waals surface area contributed by atoms with Gasteiger partial charge in [-0.2, -0.15) is 0 Å². The van der Waals surface area contributed by atoms with Crippen molar-refractivity contribution in [3.8, 4) is 11.5 Å². The maximum atomic E-state index is 10.8. The van der Waals surface area contributed by atoms with Gasteiger partial charge in [0.05, 0.1) is 6.26 Å². The number of benzene rings is 1. The maximum Gasteiger partial charge on any atom is 0.230 e. The largest absolute Gasteiger partial charge is 0.506 e. The molecule has 1 aromatic carbocycles. The lowest BCUT2D eigenvalue weighted by Gasteiger charge is -2.06. The smallest absolute Gasteiger partial charge is 0.230 e. The predicted molar refractivity (Wildman–Crippen MR) is 47.1 cm³/mol. The van der Waals surface area contributed by atoms with E-state index in [9.17, 15) is 8.42 Å². The second kappa shape index (κ2) is 3.14. The molecule has 0 aromatic heterocycles. The fraction of sp³-hybridized carbons (Fsp3) is 0.143. The first kappa shape index (κ1) is 9.66. The summed E-state index contributed by atoms with van der Waals surface area (Å²) < 4.78 is 23.5. The molecule has 0 heterocycles. The van der Waals surface area contributed by atoms with Gasteiger partial charge in [0, 0.05) is 6.07 Å². The first-order valence-electron chi connectivity index (χ1n) is 3.30. The van der Waals surface area contributed by atoms with Crippen molar-refractivity contribution in [1.29, 1.82) is 0 Å². The number of hydrogen-bond donors (Lipinski definition) is 3. The van der Waals surface area contributed by atoms with E-state index in [2.05, 4.69) is 6.07 Å². The average molecular weight is 202 g/mol. The molecule has 6 heteroatoms. The van der Waals surface area contributed by atoms with Crippen LogP contribution in [0.5, 0.6) is 11.5 Å². The molecule has 0 spiro atoms. The zero-order valence-electron chi connectivity index (χ0n) is 6.77. The molecule has 0 bridgehead atoms. The first-order valence-corrected chi connectivity index (χ1v) is 5.20. The molecule has 0 fully saturated rings. The summed E-state index contributed by atoms with van der Waals surface area (Å²) >= 11 is 0. The Morgan fingerprint density at radius 2 is 2.08 bits per heavy atom. The highest BCUT2D eigenvalue weighted by Crippen LogP contribution is 2.32. The Bertz CT molecular complexity index is 392. The zero-order valence-corrected chi connectivity index (χ0v) is 7.59. The van der Waals surface area contributed by atoms with Crippen LogP contribution in [-0.4, -0.2) is 24.9 Å². The Kier molecular flexibility index (Phi) is 2.33. The van der Waals surface area contributed by atoms with E-state index >= 15 is 0 Å². The molecule has 0 aliphatic heterocycles. The number of anilines is 1. The molecule has 0 unspecified atom stereocenters. The predicted octanol–water partition coefficient (Wildman–Crippen LogP) is 0.269. The molecule has 1 radical (unpaired) electrons. The van der Waals surface area contributed by atoms with Crippen LogP contribution < -0.4 is 4.72 Å². The van der Waals surface area contributed by atoms with E-state index in [1.807, 2.05) is 4.72 Å². The number of aromatic hydroxyl groups is 2. The lowest BCUT2D eigenvalue weighted by atomic mass is 10.3. The topological polar surface area (TPSA) is 86.6 Å². The molecule has 0 amide bonds. The Balaban J connectivity index is 3.15. The Morgan fingerprint density at radius 3 is 2.54 bits per heavy atom. The molecule has 1 rings (SSSR count). The second-order valence-electron chi connectivity index (χ2n) is 2.46. The second-order valence-corrected chi connectivity index (χ2v) is 4.21. The van der Waals surface area contributed by atoms with Gasteiger partial charge in [-0.15, -0.1) is 0 Å². The fourth-order valence-corrected chi connectivity index (χ4v) is 1.33. The molecule has 0 aliphatic rings. The highest BCUT2D eigenvalue weighted by Gasteiger charge is 2.10. The van der Waals surface area contributed by atoms with Crippen molar-refractivity contribution in [2.75, 3.05) is 11.0 Å². The minimum Gasteiger partial charge on any atom is -0.506 e. The standard InChI is InChI=1S/C7H8NO4S/c1-13(11,12)8-7-5(9)3-2-4-6(7)10/h2-3,8-10H,1H3. The highest BCUT2D eigenvalue weighted by atomic mass is 32.2. The summed E-state index contributed by atoms with van der Waals surface area (Å²) in [5.74, 6) is -0.785.